The van der Waals surface area contributed by atoms with E-state index < -0.39 is 11.7 Å². The third-order valence-corrected chi connectivity index (χ3v) is 13.9. The first kappa shape index (κ1) is 32.2. The van der Waals surface area contributed by atoms with Crippen molar-refractivity contribution in [3.05, 3.63) is 35.4 Å². The first-order valence-electron chi connectivity index (χ1n) is 18.3. The minimum absolute atomic E-state index is 0.0108. The third-order valence-electron chi connectivity index (χ3n) is 13.9. The molecular weight excluding hydrogens is 576 g/mol. The number of ketones is 1. The van der Waals surface area contributed by atoms with Crippen LogP contribution >= 0.6 is 0 Å². The normalized spacial score (nSPS) is 38.3. The molecule has 1 spiro atoms. The van der Waals surface area contributed by atoms with Gasteiger partial charge in [-0.2, -0.15) is 0 Å². The van der Waals surface area contributed by atoms with Crippen molar-refractivity contribution in [2.24, 2.45) is 34.5 Å². The number of carbonyl (C=O) groups is 3. The molecule has 4 aliphatic carbocycles. The lowest BCUT2D eigenvalue weighted by molar-refractivity contribution is -0.149. The van der Waals surface area contributed by atoms with Crippen LogP contribution in [0.3, 0.4) is 0 Å². The molecule has 0 radical (unpaired) electrons. The average Bonchev–Trinajstić information content (AvgIpc) is 3.71. The lowest BCUT2D eigenvalue weighted by Crippen LogP contribution is -2.56. The molecule has 2 heterocycles. The van der Waals surface area contributed by atoms with Gasteiger partial charge in [-0.1, -0.05) is 46.8 Å². The number of ether oxygens (including phenoxy) is 2. The van der Waals surface area contributed by atoms with Gasteiger partial charge in [-0.15, -0.1) is 0 Å². The van der Waals surface area contributed by atoms with Crippen LogP contribution in [0.5, 0.6) is 0 Å². The Morgan fingerprint density at radius 3 is 2.41 bits per heavy atom. The molecule has 1 aromatic rings. The largest absolute Gasteiger partial charge is 0.456 e. The van der Waals surface area contributed by atoms with Crippen LogP contribution in [-0.2, 0) is 19.7 Å². The molecule has 252 valence electrons. The van der Waals surface area contributed by atoms with Crippen LogP contribution in [0.15, 0.2) is 24.3 Å². The van der Waals surface area contributed by atoms with Crippen molar-refractivity contribution >= 4 is 17.8 Å². The van der Waals surface area contributed by atoms with Crippen molar-refractivity contribution in [3.8, 4) is 0 Å². The molecule has 2 saturated heterocycles. The number of rotatable bonds is 6. The lowest BCUT2D eigenvalue weighted by Gasteiger charge is -2.61. The van der Waals surface area contributed by atoms with Gasteiger partial charge in [0.2, 0.25) is 0 Å². The number of benzene rings is 1. The maximum Gasteiger partial charge on any atom is 0.410 e. The lowest BCUT2D eigenvalue weighted by atomic mass is 9.44. The van der Waals surface area contributed by atoms with Gasteiger partial charge in [-0.25, -0.2) is 9.59 Å². The van der Waals surface area contributed by atoms with Crippen LogP contribution < -0.4 is 0 Å². The molecule has 6 fully saturated rings. The third kappa shape index (κ3) is 5.60. The fraction of sp³-hybridized carbons (Fsp3) is 0.769. The SMILES string of the molecule is CC(C)(C)c1ccc(C(=O)OC(CN2CCCC2)CN2C[C@]3(CC[C@@]4(C)[C@@H](CC[C@@H]5[C@@H]4CC[C@]4(C)C(=O)CC[C@@H]54)C3)OC2=O)cc1. The Balaban J connectivity index is 1.02. The molecule has 4 saturated carbocycles. The molecule has 1 unspecified atom stereocenters. The van der Waals surface area contributed by atoms with Crippen LogP contribution in [0.2, 0.25) is 0 Å². The van der Waals surface area contributed by atoms with E-state index in [9.17, 15) is 14.4 Å². The van der Waals surface area contributed by atoms with Crippen molar-refractivity contribution in [2.75, 3.05) is 32.7 Å². The minimum Gasteiger partial charge on any atom is -0.456 e. The van der Waals surface area contributed by atoms with E-state index in [2.05, 4.69) is 39.5 Å². The number of carbonyl (C=O) groups excluding carboxylic acids is 3. The predicted molar refractivity (Wildman–Crippen MR) is 178 cm³/mol. The van der Waals surface area contributed by atoms with Gasteiger partial charge < -0.3 is 14.4 Å². The molecular formula is C39H56N2O5. The number of likely N-dealkylation sites (tertiary alicyclic amines) is 1. The van der Waals surface area contributed by atoms with Gasteiger partial charge in [0.25, 0.3) is 0 Å². The fourth-order valence-electron chi connectivity index (χ4n) is 11.1. The van der Waals surface area contributed by atoms with E-state index in [4.69, 9.17) is 9.47 Å². The first-order valence-corrected chi connectivity index (χ1v) is 18.3. The number of hydrogen-bond acceptors (Lipinski definition) is 6. The van der Waals surface area contributed by atoms with E-state index >= 15 is 0 Å². The summed E-state index contributed by atoms with van der Waals surface area (Å²) in [5.74, 6) is 2.60. The van der Waals surface area contributed by atoms with Crippen molar-refractivity contribution in [1.82, 2.24) is 9.80 Å². The zero-order valence-electron chi connectivity index (χ0n) is 28.9. The quantitative estimate of drug-likeness (QED) is 0.304. The van der Waals surface area contributed by atoms with E-state index in [-0.39, 0.29) is 28.3 Å². The van der Waals surface area contributed by atoms with Gasteiger partial charge in [0.1, 0.15) is 17.5 Å². The Hall–Kier alpha value is -2.41. The standard InChI is InChI=1S/C39H56N2O5/c1-36(2,3)27-10-8-26(9-11-27)34(43)45-29(23-40-20-6-7-21-40)24-41-25-39(46-35(41)44)19-18-37(4)28(22-39)12-13-30-31-14-15-33(42)38(31,5)17-16-32(30)37/h8-11,28-32H,6-7,12-25H2,1-5H3/t28-,29?,30-,31-,32-,37-,38-,39+/m0/s1. The van der Waals surface area contributed by atoms with Crippen molar-refractivity contribution < 1.29 is 23.9 Å². The molecule has 7 nitrogen and oxygen atoms in total. The molecule has 0 aromatic heterocycles. The van der Waals surface area contributed by atoms with Crippen LogP contribution in [0.1, 0.15) is 121 Å². The second kappa shape index (κ2) is 11.6. The summed E-state index contributed by atoms with van der Waals surface area (Å²) in [6, 6.07) is 7.74. The highest BCUT2D eigenvalue weighted by Gasteiger charge is 2.63. The van der Waals surface area contributed by atoms with Gasteiger partial charge >= 0.3 is 12.1 Å². The van der Waals surface area contributed by atoms with Crippen molar-refractivity contribution in [3.63, 3.8) is 0 Å². The monoisotopic (exact) mass is 632 g/mol. The van der Waals surface area contributed by atoms with E-state index in [1.54, 1.807) is 0 Å². The summed E-state index contributed by atoms with van der Waals surface area (Å²) in [4.78, 5) is 43.9. The predicted octanol–water partition coefficient (Wildman–Crippen LogP) is 7.41. The molecule has 7 heteroatoms. The molecule has 1 amide bonds. The van der Waals surface area contributed by atoms with Gasteiger partial charge in [0.05, 0.1) is 18.7 Å². The minimum atomic E-state index is -0.453. The maximum absolute atomic E-state index is 13.5. The average molecular weight is 633 g/mol. The Labute approximate surface area is 276 Å². The molecule has 8 atom stereocenters. The molecule has 1 aromatic carbocycles. The smallest absolute Gasteiger partial charge is 0.410 e. The summed E-state index contributed by atoms with van der Waals surface area (Å²) < 4.78 is 12.5. The van der Waals surface area contributed by atoms with E-state index in [0.29, 0.717) is 54.7 Å². The molecule has 0 N–H and O–H groups in total. The summed E-state index contributed by atoms with van der Waals surface area (Å²) in [6.45, 7) is 14.8. The molecule has 6 aliphatic rings. The molecule has 2 aliphatic heterocycles. The Morgan fingerprint density at radius 2 is 1.70 bits per heavy atom. The number of hydrogen-bond donors (Lipinski definition) is 0. The number of Topliss-reactive ketones (excluding diaryl/α,β-unsaturated/α-hetero) is 1. The van der Waals surface area contributed by atoms with E-state index in [1.807, 2.05) is 29.2 Å². The van der Waals surface area contributed by atoms with Gasteiger partial charge in [-0.3, -0.25) is 9.69 Å². The van der Waals surface area contributed by atoms with Crippen LogP contribution in [-0.4, -0.2) is 72.1 Å². The Bertz CT molecular complexity index is 1350. The van der Waals surface area contributed by atoms with Crippen LogP contribution in [0.4, 0.5) is 4.79 Å². The van der Waals surface area contributed by atoms with Crippen LogP contribution in [0, 0.1) is 34.5 Å². The summed E-state index contributed by atoms with van der Waals surface area (Å²) in [5, 5.41) is 0. The topological polar surface area (TPSA) is 76.2 Å². The summed E-state index contributed by atoms with van der Waals surface area (Å²) in [5.41, 5.74) is 1.44. The van der Waals surface area contributed by atoms with Crippen molar-refractivity contribution in [2.45, 2.75) is 122 Å². The second-order valence-corrected chi connectivity index (χ2v) is 17.6. The summed E-state index contributed by atoms with van der Waals surface area (Å²) >= 11 is 0. The molecule has 0 bridgehead atoms. The Kier molecular flexibility index (Phi) is 8.13. The van der Waals surface area contributed by atoms with Crippen molar-refractivity contribution in [1.29, 1.82) is 0 Å². The molecule has 46 heavy (non-hydrogen) atoms. The zero-order valence-corrected chi connectivity index (χ0v) is 28.9. The summed E-state index contributed by atoms with van der Waals surface area (Å²) in [7, 11) is 0. The highest BCUT2D eigenvalue weighted by atomic mass is 16.6. The number of amides is 1. The fourth-order valence-corrected chi connectivity index (χ4v) is 11.1. The second-order valence-electron chi connectivity index (χ2n) is 17.6. The van der Waals surface area contributed by atoms with Gasteiger partial charge in [-0.05, 0) is 129 Å². The first-order chi connectivity index (χ1) is 21.8. The highest BCUT2D eigenvalue weighted by Crippen LogP contribution is 2.66. The summed E-state index contributed by atoms with van der Waals surface area (Å²) in [6.07, 6.45) is 11.0. The van der Waals surface area contributed by atoms with E-state index in [0.717, 1.165) is 70.9 Å². The van der Waals surface area contributed by atoms with Gasteiger partial charge in [0, 0.05) is 18.4 Å². The Morgan fingerprint density at radius 1 is 0.957 bits per heavy atom. The highest BCUT2D eigenvalue weighted by molar-refractivity contribution is 5.89. The van der Waals surface area contributed by atoms with Crippen LogP contribution in [0.25, 0.3) is 0 Å². The molecule has 7 rings (SSSR count). The maximum atomic E-state index is 13.5. The number of fused-ring (bicyclic) bond motifs is 5. The number of nitrogens with zero attached hydrogens (tertiary/aromatic N) is 2. The zero-order chi connectivity index (χ0) is 32.5. The van der Waals surface area contributed by atoms with Gasteiger partial charge in [0.15, 0.2) is 0 Å². The number of esters is 1. The van der Waals surface area contributed by atoms with E-state index in [1.165, 1.54) is 18.4 Å².